The highest BCUT2D eigenvalue weighted by atomic mass is 32.2. The van der Waals surface area contributed by atoms with Gasteiger partial charge in [0.25, 0.3) is 0 Å². The molecule has 1 fully saturated rings. The number of sulfone groups is 1. The molecule has 21 heavy (non-hydrogen) atoms. The lowest BCUT2D eigenvalue weighted by molar-refractivity contribution is 0.244. The number of benzene rings is 1. The number of anilines is 1. The lowest BCUT2D eigenvalue weighted by atomic mass is 9.95. The van der Waals surface area contributed by atoms with Crippen LogP contribution >= 0.6 is 0 Å². The maximum Gasteiger partial charge on any atom is 0.319 e. The quantitative estimate of drug-likeness (QED) is 0.899. The van der Waals surface area contributed by atoms with Crippen LogP contribution in [0.1, 0.15) is 25.7 Å². The molecule has 1 saturated carbocycles. The first-order valence-electron chi connectivity index (χ1n) is 6.86. The SMILES string of the molecule is CS(=O)(=O)[C@@H]1CCC[C@H](NC(=O)Nc2cccc(F)c2)C1. The molecule has 0 radical (unpaired) electrons. The summed E-state index contributed by atoms with van der Waals surface area (Å²) >= 11 is 0. The molecule has 1 aromatic rings. The minimum Gasteiger partial charge on any atom is -0.335 e. The fraction of sp³-hybridized carbons (Fsp3) is 0.500. The van der Waals surface area contributed by atoms with Crippen LogP contribution in [-0.4, -0.2) is 32.0 Å². The fourth-order valence-corrected chi connectivity index (χ4v) is 3.76. The summed E-state index contributed by atoms with van der Waals surface area (Å²) < 4.78 is 36.2. The van der Waals surface area contributed by atoms with E-state index in [-0.39, 0.29) is 6.04 Å². The average molecular weight is 314 g/mol. The Morgan fingerprint density at radius 2 is 2.10 bits per heavy atom. The van der Waals surface area contributed by atoms with Gasteiger partial charge >= 0.3 is 6.03 Å². The largest absolute Gasteiger partial charge is 0.335 e. The van der Waals surface area contributed by atoms with Gasteiger partial charge < -0.3 is 10.6 Å². The van der Waals surface area contributed by atoms with Crippen LogP contribution in [0.15, 0.2) is 24.3 Å². The predicted molar refractivity (Wildman–Crippen MR) is 79.4 cm³/mol. The molecule has 0 bridgehead atoms. The smallest absolute Gasteiger partial charge is 0.319 e. The van der Waals surface area contributed by atoms with Crippen LogP contribution in [0.3, 0.4) is 0 Å². The number of halogens is 1. The maximum atomic E-state index is 13.0. The third kappa shape index (κ3) is 4.70. The number of hydrogen-bond acceptors (Lipinski definition) is 3. The van der Waals surface area contributed by atoms with Crippen LogP contribution in [0.4, 0.5) is 14.9 Å². The predicted octanol–water partition coefficient (Wildman–Crippen LogP) is 2.30. The van der Waals surface area contributed by atoms with Crippen molar-refractivity contribution in [1.82, 2.24) is 5.32 Å². The molecular weight excluding hydrogens is 295 g/mol. The zero-order chi connectivity index (χ0) is 15.5. The van der Waals surface area contributed by atoms with Gasteiger partial charge in [0.05, 0.1) is 5.25 Å². The summed E-state index contributed by atoms with van der Waals surface area (Å²) in [4.78, 5) is 11.9. The molecule has 7 heteroatoms. The van der Waals surface area contributed by atoms with Crippen molar-refractivity contribution < 1.29 is 17.6 Å². The normalized spacial score (nSPS) is 22.6. The Labute approximate surface area is 123 Å². The summed E-state index contributed by atoms with van der Waals surface area (Å²) in [5.41, 5.74) is 0.364. The summed E-state index contributed by atoms with van der Waals surface area (Å²) in [7, 11) is -3.08. The molecule has 116 valence electrons. The summed E-state index contributed by atoms with van der Waals surface area (Å²) in [6.07, 6.45) is 3.82. The minimum absolute atomic E-state index is 0.174. The molecule has 2 rings (SSSR count). The molecule has 0 heterocycles. The van der Waals surface area contributed by atoms with Crippen LogP contribution in [-0.2, 0) is 9.84 Å². The molecule has 2 N–H and O–H groups in total. The van der Waals surface area contributed by atoms with E-state index in [2.05, 4.69) is 10.6 Å². The Morgan fingerprint density at radius 1 is 1.33 bits per heavy atom. The minimum atomic E-state index is -3.08. The van der Waals surface area contributed by atoms with Crippen molar-refractivity contribution in [2.75, 3.05) is 11.6 Å². The summed E-state index contributed by atoms with van der Waals surface area (Å²) in [6.45, 7) is 0. The van der Waals surface area contributed by atoms with Crippen LogP contribution in [0.25, 0.3) is 0 Å². The monoisotopic (exact) mass is 314 g/mol. The van der Waals surface area contributed by atoms with E-state index < -0.39 is 26.9 Å². The van der Waals surface area contributed by atoms with Crippen molar-refractivity contribution in [1.29, 1.82) is 0 Å². The maximum absolute atomic E-state index is 13.0. The lowest BCUT2D eigenvalue weighted by Crippen LogP contribution is -2.43. The van der Waals surface area contributed by atoms with Gasteiger partial charge in [0.2, 0.25) is 0 Å². The summed E-state index contributed by atoms with van der Waals surface area (Å²) in [6, 6.07) is 4.99. The summed E-state index contributed by atoms with van der Waals surface area (Å²) in [5.74, 6) is -0.428. The third-order valence-electron chi connectivity index (χ3n) is 3.65. The van der Waals surface area contributed by atoms with Gasteiger partial charge in [-0.05, 0) is 37.5 Å². The van der Waals surface area contributed by atoms with E-state index in [4.69, 9.17) is 0 Å². The number of carbonyl (C=O) groups excluding carboxylic acids is 1. The van der Waals surface area contributed by atoms with Crippen molar-refractivity contribution in [2.45, 2.75) is 37.0 Å². The molecule has 0 saturated heterocycles. The van der Waals surface area contributed by atoms with E-state index >= 15 is 0 Å². The van der Waals surface area contributed by atoms with Gasteiger partial charge in [-0.2, -0.15) is 0 Å². The van der Waals surface area contributed by atoms with Crippen LogP contribution in [0.2, 0.25) is 0 Å². The van der Waals surface area contributed by atoms with Crippen molar-refractivity contribution in [3.8, 4) is 0 Å². The second-order valence-electron chi connectivity index (χ2n) is 5.42. The molecule has 2 amide bonds. The second-order valence-corrected chi connectivity index (χ2v) is 7.75. The molecular formula is C14H19FN2O3S. The Morgan fingerprint density at radius 3 is 2.76 bits per heavy atom. The number of hydrogen-bond donors (Lipinski definition) is 2. The molecule has 1 aliphatic rings. The van der Waals surface area contributed by atoms with E-state index in [1.165, 1.54) is 24.5 Å². The molecule has 0 aromatic heterocycles. The van der Waals surface area contributed by atoms with Crippen LogP contribution in [0.5, 0.6) is 0 Å². The van der Waals surface area contributed by atoms with Gasteiger partial charge in [0.15, 0.2) is 0 Å². The van der Waals surface area contributed by atoms with Gasteiger partial charge in [-0.1, -0.05) is 12.5 Å². The number of urea groups is 1. The highest BCUT2D eigenvalue weighted by Crippen LogP contribution is 2.24. The highest BCUT2D eigenvalue weighted by molar-refractivity contribution is 7.91. The third-order valence-corrected chi connectivity index (χ3v) is 5.29. The van der Waals surface area contributed by atoms with E-state index in [1.807, 2.05) is 0 Å². The standard InChI is InChI=1S/C14H19FN2O3S/c1-21(19,20)13-7-3-6-12(9-13)17-14(18)16-11-5-2-4-10(15)8-11/h2,4-5,8,12-13H,3,6-7,9H2,1H3,(H2,16,17,18)/t12-,13+/m0/s1. The first-order valence-corrected chi connectivity index (χ1v) is 8.82. The zero-order valence-electron chi connectivity index (χ0n) is 11.8. The van der Waals surface area contributed by atoms with Crippen molar-refractivity contribution >= 4 is 21.6 Å². The first-order chi connectivity index (χ1) is 9.84. The first kappa shape index (κ1) is 15.8. The van der Waals surface area contributed by atoms with E-state index in [9.17, 15) is 17.6 Å². The van der Waals surface area contributed by atoms with Crippen LogP contribution in [0, 0.1) is 5.82 Å². The van der Waals surface area contributed by atoms with Gasteiger partial charge in [0.1, 0.15) is 15.7 Å². The van der Waals surface area contributed by atoms with E-state index in [1.54, 1.807) is 6.07 Å². The fourth-order valence-electron chi connectivity index (χ4n) is 2.58. The number of amides is 2. The van der Waals surface area contributed by atoms with Gasteiger partial charge in [0, 0.05) is 18.0 Å². The van der Waals surface area contributed by atoms with Crippen molar-refractivity contribution in [3.05, 3.63) is 30.1 Å². The lowest BCUT2D eigenvalue weighted by Gasteiger charge is -2.28. The molecule has 0 aliphatic heterocycles. The summed E-state index contributed by atoms with van der Waals surface area (Å²) in [5, 5.41) is 4.90. The zero-order valence-corrected chi connectivity index (χ0v) is 12.6. The Balaban J connectivity index is 1.90. The van der Waals surface area contributed by atoms with Crippen LogP contribution < -0.4 is 10.6 Å². The molecule has 0 unspecified atom stereocenters. The van der Waals surface area contributed by atoms with E-state index in [0.29, 0.717) is 18.5 Å². The topological polar surface area (TPSA) is 75.3 Å². The average Bonchev–Trinajstić information content (AvgIpc) is 2.37. The Hall–Kier alpha value is -1.63. The molecule has 5 nitrogen and oxygen atoms in total. The van der Waals surface area contributed by atoms with Gasteiger partial charge in [-0.3, -0.25) is 0 Å². The van der Waals surface area contributed by atoms with Gasteiger partial charge in [-0.25, -0.2) is 17.6 Å². The second kappa shape index (κ2) is 6.43. The number of nitrogens with one attached hydrogen (secondary N) is 2. The van der Waals surface area contributed by atoms with E-state index in [0.717, 1.165) is 12.8 Å². The molecule has 1 aromatic carbocycles. The van der Waals surface area contributed by atoms with Crippen molar-refractivity contribution in [3.63, 3.8) is 0 Å². The molecule has 2 atom stereocenters. The number of carbonyl (C=O) groups is 1. The Kier molecular flexibility index (Phi) is 4.82. The Bertz CT molecular complexity index is 618. The highest BCUT2D eigenvalue weighted by Gasteiger charge is 2.29. The number of rotatable bonds is 3. The van der Waals surface area contributed by atoms with Crippen molar-refractivity contribution in [2.24, 2.45) is 0 Å². The van der Waals surface area contributed by atoms with Gasteiger partial charge in [-0.15, -0.1) is 0 Å². The molecule has 0 spiro atoms. The molecule has 1 aliphatic carbocycles.